The number of methoxy groups -OCH3 is 1. The molecule has 1 saturated heterocycles. The molecule has 3 aromatic rings. The third-order valence-electron chi connectivity index (χ3n) is 5.78. The van der Waals surface area contributed by atoms with Gasteiger partial charge >= 0.3 is 0 Å². The first kappa shape index (κ1) is 22.3. The molecule has 7 heteroatoms. The Balaban J connectivity index is 1.29. The average molecular weight is 463 g/mol. The Bertz CT molecular complexity index is 1060. The van der Waals surface area contributed by atoms with Gasteiger partial charge in [-0.3, -0.25) is 4.98 Å². The summed E-state index contributed by atoms with van der Waals surface area (Å²) in [6.07, 6.45) is 5.58. The Morgan fingerprint density at radius 3 is 2.77 bits per heavy atom. The molecule has 1 aliphatic rings. The fourth-order valence-corrected chi connectivity index (χ4v) is 4.32. The van der Waals surface area contributed by atoms with Crippen molar-refractivity contribution < 1.29 is 13.9 Å². The zero-order valence-electron chi connectivity index (χ0n) is 17.3. The van der Waals surface area contributed by atoms with Crippen LogP contribution < -0.4 is 10.1 Å². The molecule has 2 atom stereocenters. The zero-order valence-corrected chi connectivity index (χ0v) is 18.8. The predicted molar refractivity (Wildman–Crippen MR) is 123 cm³/mol. The lowest BCUT2D eigenvalue weighted by molar-refractivity contribution is -0.00694. The van der Waals surface area contributed by atoms with E-state index >= 15 is 0 Å². The van der Waals surface area contributed by atoms with E-state index in [9.17, 15) is 4.39 Å². The molecule has 1 N–H and O–H groups in total. The van der Waals surface area contributed by atoms with Gasteiger partial charge < -0.3 is 14.8 Å². The lowest BCUT2D eigenvalue weighted by Crippen LogP contribution is -2.39. The largest absolute Gasteiger partial charge is 0.497 e. The van der Waals surface area contributed by atoms with Crippen LogP contribution in [0.4, 0.5) is 4.39 Å². The third-order valence-corrected chi connectivity index (χ3v) is 6.52. The van der Waals surface area contributed by atoms with E-state index in [4.69, 9.17) is 32.7 Å². The van der Waals surface area contributed by atoms with E-state index in [2.05, 4.69) is 10.3 Å². The van der Waals surface area contributed by atoms with Crippen LogP contribution in [0.1, 0.15) is 30.4 Å². The van der Waals surface area contributed by atoms with Gasteiger partial charge in [-0.1, -0.05) is 29.3 Å². The molecule has 1 fully saturated rings. The Morgan fingerprint density at radius 1 is 1.16 bits per heavy atom. The predicted octanol–water partition coefficient (Wildman–Crippen LogP) is 5.96. The van der Waals surface area contributed by atoms with Crippen molar-refractivity contribution in [3.63, 3.8) is 0 Å². The summed E-state index contributed by atoms with van der Waals surface area (Å²) >= 11 is 12.1. The number of ether oxygens (including phenoxy) is 2. The molecule has 31 heavy (non-hydrogen) atoms. The van der Waals surface area contributed by atoms with E-state index in [1.54, 1.807) is 13.3 Å². The lowest BCUT2D eigenvalue weighted by atomic mass is 9.97. The van der Waals surface area contributed by atoms with E-state index in [0.717, 1.165) is 48.7 Å². The first-order valence-electron chi connectivity index (χ1n) is 10.4. The quantitative estimate of drug-likeness (QED) is 0.470. The van der Waals surface area contributed by atoms with Crippen molar-refractivity contribution >= 4 is 34.1 Å². The van der Waals surface area contributed by atoms with Crippen molar-refractivity contribution in [2.24, 2.45) is 0 Å². The van der Waals surface area contributed by atoms with Crippen molar-refractivity contribution in [1.29, 1.82) is 0 Å². The number of hydrogen-bond acceptors (Lipinski definition) is 4. The summed E-state index contributed by atoms with van der Waals surface area (Å²) < 4.78 is 25.6. The van der Waals surface area contributed by atoms with Crippen molar-refractivity contribution in [3.8, 4) is 5.75 Å². The number of pyridine rings is 1. The van der Waals surface area contributed by atoms with Crippen LogP contribution >= 0.6 is 23.2 Å². The molecule has 2 aromatic carbocycles. The molecule has 2 unspecified atom stereocenters. The third kappa shape index (κ3) is 5.47. The number of rotatable bonds is 7. The van der Waals surface area contributed by atoms with Gasteiger partial charge in [0.25, 0.3) is 0 Å². The molecule has 0 amide bonds. The number of nitrogens with zero attached hydrogens (tertiary/aromatic N) is 1. The maximum absolute atomic E-state index is 14.3. The van der Waals surface area contributed by atoms with Gasteiger partial charge in [-0.25, -0.2) is 4.39 Å². The fourth-order valence-electron chi connectivity index (χ4n) is 4.00. The monoisotopic (exact) mass is 462 g/mol. The highest BCUT2D eigenvalue weighted by atomic mass is 35.5. The zero-order chi connectivity index (χ0) is 21.8. The van der Waals surface area contributed by atoms with Crippen molar-refractivity contribution in [1.82, 2.24) is 10.3 Å². The first-order valence-corrected chi connectivity index (χ1v) is 11.2. The fraction of sp³-hybridized carbons (Fsp3) is 0.375. The van der Waals surface area contributed by atoms with Gasteiger partial charge in [0, 0.05) is 30.2 Å². The van der Waals surface area contributed by atoms with Crippen LogP contribution in [-0.2, 0) is 17.7 Å². The summed E-state index contributed by atoms with van der Waals surface area (Å²) in [5, 5.41) is 5.47. The minimum absolute atomic E-state index is 0.196. The van der Waals surface area contributed by atoms with Gasteiger partial charge in [0.2, 0.25) is 0 Å². The lowest BCUT2D eigenvalue weighted by Gasteiger charge is -2.30. The second kappa shape index (κ2) is 10.1. The smallest absolute Gasteiger partial charge is 0.153 e. The second-order valence-electron chi connectivity index (χ2n) is 7.87. The van der Waals surface area contributed by atoms with Gasteiger partial charge in [-0.05, 0) is 61.1 Å². The number of halogens is 3. The average Bonchev–Trinajstić information content (AvgIpc) is 2.79. The van der Waals surface area contributed by atoms with Crippen molar-refractivity contribution in [3.05, 3.63) is 69.6 Å². The molecule has 1 aliphatic heterocycles. The highest BCUT2D eigenvalue weighted by molar-refractivity contribution is 6.42. The Kier molecular flexibility index (Phi) is 7.28. The van der Waals surface area contributed by atoms with E-state index < -0.39 is 0 Å². The Morgan fingerprint density at radius 2 is 2.03 bits per heavy atom. The number of nitrogens with one attached hydrogen (secondary N) is 1. The summed E-state index contributed by atoms with van der Waals surface area (Å²) in [6, 6.07) is 11.2. The minimum Gasteiger partial charge on any atom is -0.497 e. The van der Waals surface area contributed by atoms with E-state index in [-0.39, 0.29) is 11.9 Å². The van der Waals surface area contributed by atoms with Crippen LogP contribution in [0.2, 0.25) is 10.0 Å². The topological polar surface area (TPSA) is 43.4 Å². The van der Waals surface area contributed by atoms with E-state index in [0.29, 0.717) is 34.0 Å². The highest BCUT2D eigenvalue weighted by Crippen LogP contribution is 2.28. The van der Waals surface area contributed by atoms with Gasteiger partial charge in [0.05, 0.1) is 29.9 Å². The molecule has 2 heterocycles. The molecule has 0 saturated carbocycles. The van der Waals surface area contributed by atoms with Crippen LogP contribution in [0.25, 0.3) is 10.9 Å². The van der Waals surface area contributed by atoms with Crippen LogP contribution in [0, 0.1) is 5.82 Å². The molecule has 0 bridgehead atoms. The molecule has 1 aromatic heterocycles. The van der Waals surface area contributed by atoms with E-state index in [1.807, 2.05) is 30.3 Å². The Labute approximate surface area is 191 Å². The number of aromatic nitrogens is 1. The van der Waals surface area contributed by atoms with Crippen LogP contribution in [-0.4, -0.2) is 30.8 Å². The van der Waals surface area contributed by atoms with Gasteiger partial charge in [0.1, 0.15) is 11.3 Å². The second-order valence-corrected chi connectivity index (χ2v) is 8.69. The molecule has 164 valence electrons. The molecular formula is C24H25Cl2FN2O2. The highest BCUT2D eigenvalue weighted by Gasteiger charge is 2.22. The summed E-state index contributed by atoms with van der Waals surface area (Å²) in [7, 11) is 1.54. The van der Waals surface area contributed by atoms with Crippen molar-refractivity contribution in [2.75, 3.05) is 13.7 Å². The summed E-state index contributed by atoms with van der Waals surface area (Å²) in [6.45, 7) is 1.40. The molecule has 0 aliphatic carbocycles. The van der Waals surface area contributed by atoms with Crippen LogP contribution in [0.5, 0.6) is 5.75 Å². The number of benzene rings is 2. The molecule has 0 spiro atoms. The summed E-state index contributed by atoms with van der Waals surface area (Å²) in [4.78, 5) is 4.19. The molecule has 4 rings (SSSR count). The SMILES string of the molecule is COc1cc(F)c2nccc(CCC3CCC(NCc4ccc(Cl)c(Cl)c4)CO3)c2c1. The molecular weight excluding hydrogens is 438 g/mol. The van der Waals surface area contributed by atoms with Crippen LogP contribution in [0.15, 0.2) is 42.6 Å². The first-order chi connectivity index (χ1) is 15.0. The normalized spacial score (nSPS) is 19.0. The van der Waals surface area contributed by atoms with Gasteiger partial charge in [-0.2, -0.15) is 0 Å². The number of fused-ring (bicyclic) bond motifs is 1. The minimum atomic E-state index is -0.360. The number of hydrogen-bond donors (Lipinski definition) is 1. The maximum Gasteiger partial charge on any atom is 0.153 e. The Hall–Kier alpha value is -1.92. The molecule has 0 radical (unpaired) electrons. The van der Waals surface area contributed by atoms with Gasteiger partial charge in [-0.15, -0.1) is 0 Å². The standard InChI is InChI=1S/C24H25Cl2FN2O2/c1-30-19-11-20-16(8-9-28-24(20)23(27)12-19)3-5-18-6-4-17(14-31-18)29-13-15-2-7-21(25)22(26)10-15/h2,7-12,17-18,29H,3-6,13-14H2,1H3. The van der Waals surface area contributed by atoms with Crippen LogP contribution in [0.3, 0.4) is 0 Å². The summed E-state index contributed by atoms with van der Waals surface area (Å²) in [5.74, 6) is 0.144. The number of aryl methyl sites for hydroxylation is 1. The molecule has 4 nitrogen and oxygen atoms in total. The van der Waals surface area contributed by atoms with Gasteiger partial charge in [0.15, 0.2) is 5.82 Å². The maximum atomic E-state index is 14.3. The summed E-state index contributed by atoms with van der Waals surface area (Å²) in [5.41, 5.74) is 2.55. The van der Waals surface area contributed by atoms with Crippen molar-refractivity contribution in [2.45, 2.75) is 44.4 Å². The van der Waals surface area contributed by atoms with E-state index in [1.165, 1.54) is 6.07 Å².